The Morgan fingerprint density at radius 2 is 1.71 bits per heavy atom. The van der Waals surface area contributed by atoms with Gasteiger partial charge in [0.15, 0.2) is 0 Å². The lowest BCUT2D eigenvalue weighted by Gasteiger charge is -2.32. The summed E-state index contributed by atoms with van der Waals surface area (Å²) in [5.41, 5.74) is -1.09. The summed E-state index contributed by atoms with van der Waals surface area (Å²) in [4.78, 5) is 11.2. The average molecular weight is 244 g/mol. The number of carbonyl (C=O) groups is 1. The van der Waals surface area contributed by atoms with E-state index in [0.717, 1.165) is 12.8 Å². The SMILES string of the molecule is CCCCCCCC(C)(O)C(C(=O)O)C(C)C. The third-order valence-electron chi connectivity index (χ3n) is 3.39. The largest absolute Gasteiger partial charge is 0.481 e. The number of rotatable bonds is 9. The van der Waals surface area contributed by atoms with Gasteiger partial charge in [-0.05, 0) is 19.3 Å². The Kier molecular flexibility index (Phi) is 7.44. The zero-order chi connectivity index (χ0) is 13.5. The van der Waals surface area contributed by atoms with Gasteiger partial charge in [0.1, 0.15) is 0 Å². The van der Waals surface area contributed by atoms with Crippen LogP contribution in [-0.2, 0) is 4.79 Å². The molecule has 0 aliphatic rings. The molecule has 0 radical (unpaired) electrons. The van der Waals surface area contributed by atoms with Crippen molar-refractivity contribution in [3.8, 4) is 0 Å². The van der Waals surface area contributed by atoms with Gasteiger partial charge in [0.25, 0.3) is 0 Å². The molecule has 2 N–H and O–H groups in total. The summed E-state index contributed by atoms with van der Waals surface area (Å²) in [7, 11) is 0. The van der Waals surface area contributed by atoms with Crippen LogP contribution in [-0.4, -0.2) is 21.8 Å². The summed E-state index contributed by atoms with van der Waals surface area (Å²) in [6.07, 6.45) is 6.14. The van der Waals surface area contributed by atoms with Gasteiger partial charge < -0.3 is 10.2 Å². The second-order valence-corrected chi connectivity index (χ2v) is 5.58. The van der Waals surface area contributed by atoms with Crippen molar-refractivity contribution in [2.75, 3.05) is 0 Å². The van der Waals surface area contributed by atoms with Crippen molar-refractivity contribution in [2.24, 2.45) is 11.8 Å². The van der Waals surface area contributed by atoms with Crippen molar-refractivity contribution in [2.45, 2.75) is 71.8 Å². The minimum Gasteiger partial charge on any atom is -0.481 e. The lowest BCUT2D eigenvalue weighted by molar-refractivity contribution is -0.154. The van der Waals surface area contributed by atoms with Crippen LogP contribution in [0.3, 0.4) is 0 Å². The highest BCUT2D eigenvalue weighted by molar-refractivity contribution is 5.71. The van der Waals surface area contributed by atoms with E-state index in [4.69, 9.17) is 5.11 Å². The molecule has 0 fully saturated rings. The fourth-order valence-electron chi connectivity index (χ4n) is 2.51. The van der Waals surface area contributed by atoms with Crippen molar-refractivity contribution in [1.29, 1.82) is 0 Å². The molecule has 0 aromatic rings. The van der Waals surface area contributed by atoms with Crippen LogP contribution >= 0.6 is 0 Å². The molecule has 3 heteroatoms. The zero-order valence-corrected chi connectivity index (χ0v) is 11.7. The topological polar surface area (TPSA) is 57.5 Å². The molecule has 0 bridgehead atoms. The standard InChI is InChI=1S/C14H28O3/c1-5-6-7-8-9-10-14(4,17)12(11(2)3)13(15)16/h11-12,17H,5-10H2,1-4H3,(H,15,16). The first-order valence-electron chi connectivity index (χ1n) is 6.78. The normalized spacial score (nSPS) is 16.8. The first kappa shape index (κ1) is 16.4. The van der Waals surface area contributed by atoms with Gasteiger partial charge in [-0.15, -0.1) is 0 Å². The fraction of sp³-hybridized carbons (Fsp3) is 0.929. The zero-order valence-electron chi connectivity index (χ0n) is 11.7. The highest BCUT2D eigenvalue weighted by Gasteiger charge is 2.38. The molecule has 0 aromatic carbocycles. The van der Waals surface area contributed by atoms with Crippen LogP contribution in [0, 0.1) is 11.8 Å². The predicted molar refractivity (Wildman–Crippen MR) is 70.0 cm³/mol. The van der Waals surface area contributed by atoms with Crippen LogP contribution in [0.15, 0.2) is 0 Å². The Balaban J connectivity index is 4.19. The molecule has 0 aromatic heterocycles. The molecule has 0 aliphatic heterocycles. The van der Waals surface area contributed by atoms with Gasteiger partial charge >= 0.3 is 5.97 Å². The van der Waals surface area contributed by atoms with Crippen LogP contribution in [0.5, 0.6) is 0 Å². The maximum absolute atomic E-state index is 11.2. The van der Waals surface area contributed by atoms with Crippen LogP contribution in [0.2, 0.25) is 0 Å². The molecule has 2 atom stereocenters. The van der Waals surface area contributed by atoms with Crippen molar-refractivity contribution in [1.82, 2.24) is 0 Å². The van der Waals surface area contributed by atoms with E-state index >= 15 is 0 Å². The van der Waals surface area contributed by atoms with E-state index in [1.54, 1.807) is 6.92 Å². The van der Waals surface area contributed by atoms with Gasteiger partial charge in [-0.2, -0.15) is 0 Å². The van der Waals surface area contributed by atoms with Crippen molar-refractivity contribution in [3.05, 3.63) is 0 Å². The third-order valence-corrected chi connectivity index (χ3v) is 3.39. The van der Waals surface area contributed by atoms with E-state index in [1.165, 1.54) is 19.3 Å². The first-order chi connectivity index (χ1) is 7.83. The Bertz CT molecular complexity index is 222. The Labute approximate surface area is 105 Å². The van der Waals surface area contributed by atoms with E-state index in [0.29, 0.717) is 6.42 Å². The van der Waals surface area contributed by atoms with Crippen molar-refractivity contribution < 1.29 is 15.0 Å². The van der Waals surface area contributed by atoms with E-state index < -0.39 is 17.5 Å². The first-order valence-corrected chi connectivity index (χ1v) is 6.78. The Morgan fingerprint density at radius 1 is 1.18 bits per heavy atom. The van der Waals surface area contributed by atoms with Gasteiger partial charge in [-0.25, -0.2) is 0 Å². The molecule has 0 rings (SSSR count). The molecular formula is C14H28O3. The molecule has 3 nitrogen and oxygen atoms in total. The van der Waals surface area contributed by atoms with Crippen LogP contribution < -0.4 is 0 Å². The van der Waals surface area contributed by atoms with Gasteiger partial charge in [-0.3, -0.25) is 4.79 Å². The quantitative estimate of drug-likeness (QED) is 0.611. The van der Waals surface area contributed by atoms with E-state index in [9.17, 15) is 9.90 Å². The second-order valence-electron chi connectivity index (χ2n) is 5.58. The number of carboxylic acids is 1. The average Bonchev–Trinajstić information content (AvgIpc) is 2.15. The molecule has 2 unspecified atom stereocenters. The number of carboxylic acid groups (broad SMARTS) is 1. The molecule has 17 heavy (non-hydrogen) atoms. The van der Waals surface area contributed by atoms with Crippen LogP contribution in [0.4, 0.5) is 0 Å². The summed E-state index contributed by atoms with van der Waals surface area (Å²) >= 11 is 0. The van der Waals surface area contributed by atoms with E-state index in [2.05, 4.69) is 6.92 Å². The maximum Gasteiger partial charge on any atom is 0.309 e. The fourth-order valence-corrected chi connectivity index (χ4v) is 2.51. The highest BCUT2D eigenvalue weighted by atomic mass is 16.4. The van der Waals surface area contributed by atoms with Crippen molar-refractivity contribution >= 4 is 5.97 Å². The Hall–Kier alpha value is -0.570. The second kappa shape index (κ2) is 7.70. The molecular weight excluding hydrogens is 216 g/mol. The molecule has 102 valence electrons. The number of aliphatic carboxylic acids is 1. The molecule has 0 amide bonds. The minimum atomic E-state index is -1.09. The Morgan fingerprint density at radius 3 is 2.12 bits per heavy atom. The van der Waals surface area contributed by atoms with Gasteiger partial charge in [-0.1, -0.05) is 52.9 Å². The highest BCUT2D eigenvalue weighted by Crippen LogP contribution is 2.30. The number of aliphatic hydroxyl groups is 1. The van der Waals surface area contributed by atoms with Gasteiger partial charge in [0, 0.05) is 0 Å². The number of unbranched alkanes of at least 4 members (excludes halogenated alkanes) is 4. The molecule has 0 saturated carbocycles. The molecule has 0 aliphatic carbocycles. The monoisotopic (exact) mass is 244 g/mol. The molecule has 0 heterocycles. The third kappa shape index (κ3) is 6.06. The molecule has 0 saturated heterocycles. The van der Waals surface area contributed by atoms with Crippen LogP contribution in [0.25, 0.3) is 0 Å². The predicted octanol–water partition coefficient (Wildman–Crippen LogP) is 3.45. The van der Waals surface area contributed by atoms with Gasteiger partial charge in [0.05, 0.1) is 11.5 Å². The lowest BCUT2D eigenvalue weighted by atomic mass is 9.78. The maximum atomic E-state index is 11.2. The summed E-state index contributed by atoms with van der Waals surface area (Å²) in [5, 5.41) is 19.5. The molecule has 0 spiro atoms. The lowest BCUT2D eigenvalue weighted by Crippen LogP contribution is -2.42. The van der Waals surface area contributed by atoms with Crippen LogP contribution in [0.1, 0.15) is 66.2 Å². The number of hydrogen-bond acceptors (Lipinski definition) is 2. The van der Waals surface area contributed by atoms with Crippen molar-refractivity contribution in [3.63, 3.8) is 0 Å². The summed E-state index contributed by atoms with van der Waals surface area (Å²) in [6.45, 7) is 7.52. The van der Waals surface area contributed by atoms with E-state index in [-0.39, 0.29) is 5.92 Å². The number of hydrogen-bond donors (Lipinski definition) is 2. The summed E-state index contributed by atoms with van der Waals surface area (Å²) in [5.74, 6) is -1.61. The minimum absolute atomic E-state index is 0.0434. The summed E-state index contributed by atoms with van der Waals surface area (Å²) in [6, 6.07) is 0. The smallest absolute Gasteiger partial charge is 0.309 e. The summed E-state index contributed by atoms with van der Waals surface area (Å²) < 4.78 is 0. The van der Waals surface area contributed by atoms with E-state index in [1.807, 2.05) is 13.8 Å². The van der Waals surface area contributed by atoms with Gasteiger partial charge in [0.2, 0.25) is 0 Å².